The third-order valence-corrected chi connectivity index (χ3v) is 4.13. The third-order valence-electron chi connectivity index (χ3n) is 4.13. The van der Waals surface area contributed by atoms with Gasteiger partial charge in [0.2, 0.25) is 0 Å². The highest BCUT2D eigenvalue weighted by atomic mass is 16.5. The van der Waals surface area contributed by atoms with E-state index in [0.717, 1.165) is 24.0 Å². The molecule has 15 heavy (non-hydrogen) atoms. The molecule has 3 atom stereocenters. The smallest absolute Gasteiger partial charge is 0.0732 e. The number of hydrogen-bond donors (Lipinski definition) is 0. The number of allylic oxidation sites excluding steroid dienone is 1. The summed E-state index contributed by atoms with van der Waals surface area (Å²) in [4.78, 5) is 0. The zero-order valence-corrected chi connectivity index (χ0v) is 9.59. The summed E-state index contributed by atoms with van der Waals surface area (Å²) >= 11 is 0. The Hall–Kier alpha value is -0.560. The largest absolute Gasteiger partial charge is 0.370 e. The lowest BCUT2D eigenvalue weighted by molar-refractivity contribution is -0.101. The summed E-state index contributed by atoms with van der Waals surface area (Å²) in [6, 6.07) is 0. The lowest BCUT2D eigenvalue weighted by atomic mass is 9.59. The molecule has 0 amide bonds. The Morgan fingerprint density at radius 3 is 3.13 bits per heavy atom. The van der Waals surface area contributed by atoms with Crippen molar-refractivity contribution < 1.29 is 4.74 Å². The minimum absolute atomic E-state index is 0.203. The van der Waals surface area contributed by atoms with Gasteiger partial charge in [-0.3, -0.25) is 0 Å². The van der Waals surface area contributed by atoms with Crippen LogP contribution in [0.25, 0.3) is 0 Å². The first-order chi connectivity index (χ1) is 7.15. The predicted molar refractivity (Wildman–Crippen MR) is 61.6 cm³/mol. The molecule has 0 aromatic carbocycles. The van der Waals surface area contributed by atoms with Crippen molar-refractivity contribution in [1.29, 1.82) is 0 Å². The van der Waals surface area contributed by atoms with Crippen molar-refractivity contribution in [2.75, 3.05) is 6.61 Å². The van der Waals surface area contributed by atoms with E-state index in [1.807, 2.05) is 0 Å². The lowest BCUT2D eigenvalue weighted by Gasteiger charge is -2.52. The van der Waals surface area contributed by atoms with Gasteiger partial charge in [0.1, 0.15) is 0 Å². The first kappa shape index (κ1) is 9.65. The van der Waals surface area contributed by atoms with Gasteiger partial charge in [0, 0.05) is 0 Å². The van der Waals surface area contributed by atoms with Crippen LogP contribution in [0.2, 0.25) is 0 Å². The molecule has 0 N–H and O–H groups in total. The van der Waals surface area contributed by atoms with E-state index >= 15 is 0 Å². The molecular weight excluding hydrogens is 184 g/mol. The molecule has 0 spiro atoms. The maximum atomic E-state index is 6.16. The second-order valence-electron chi connectivity index (χ2n) is 5.90. The molecule has 1 heteroatoms. The second-order valence-corrected chi connectivity index (χ2v) is 5.90. The fourth-order valence-electron chi connectivity index (χ4n) is 3.87. The zero-order chi connectivity index (χ0) is 10.5. The number of rotatable bonds is 3. The van der Waals surface area contributed by atoms with Crippen LogP contribution in [0.15, 0.2) is 23.8 Å². The fraction of sp³-hybridized carbons (Fsp3) is 0.714. The highest BCUT2D eigenvalue weighted by Gasteiger charge is 2.48. The van der Waals surface area contributed by atoms with Gasteiger partial charge in [0.05, 0.1) is 12.2 Å². The molecule has 2 fully saturated rings. The summed E-state index contributed by atoms with van der Waals surface area (Å²) in [5, 5.41) is 0. The van der Waals surface area contributed by atoms with Crippen molar-refractivity contribution in [2.24, 2.45) is 11.8 Å². The van der Waals surface area contributed by atoms with E-state index < -0.39 is 0 Å². The van der Waals surface area contributed by atoms with Crippen LogP contribution in [-0.2, 0) is 4.74 Å². The minimum atomic E-state index is 0.203. The van der Waals surface area contributed by atoms with Crippen molar-refractivity contribution in [3.05, 3.63) is 23.8 Å². The van der Waals surface area contributed by atoms with Gasteiger partial charge in [0.25, 0.3) is 0 Å². The standard InChI is InChI=1S/C14H20O/c1-10(2)9-15-14-6-11-3-12(7-14)5-13(4-11)8-14/h3,11,13H,1,4-9H2,2H3. The van der Waals surface area contributed by atoms with E-state index in [9.17, 15) is 0 Å². The topological polar surface area (TPSA) is 9.23 Å². The monoisotopic (exact) mass is 204 g/mol. The van der Waals surface area contributed by atoms with E-state index in [4.69, 9.17) is 4.74 Å². The summed E-state index contributed by atoms with van der Waals surface area (Å²) in [7, 11) is 0. The maximum Gasteiger partial charge on any atom is 0.0732 e. The van der Waals surface area contributed by atoms with E-state index in [1.54, 1.807) is 5.57 Å². The molecule has 0 saturated heterocycles. The second kappa shape index (κ2) is 3.21. The molecule has 0 heterocycles. The van der Waals surface area contributed by atoms with Gasteiger partial charge in [-0.25, -0.2) is 0 Å². The zero-order valence-electron chi connectivity index (χ0n) is 9.59. The summed E-state index contributed by atoms with van der Waals surface area (Å²) in [6.45, 7) is 6.74. The number of hydrogen-bond acceptors (Lipinski definition) is 1. The third kappa shape index (κ3) is 1.67. The molecule has 3 unspecified atom stereocenters. The molecule has 2 saturated carbocycles. The summed E-state index contributed by atoms with van der Waals surface area (Å²) in [5.74, 6) is 1.74. The van der Waals surface area contributed by atoms with Crippen molar-refractivity contribution in [2.45, 2.75) is 44.6 Å². The van der Waals surface area contributed by atoms with E-state index in [-0.39, 0.29) is 5.60 Å². The molecule has 4 bridgehead atoms. The van der Waals surface area contributed by atoms with Crippen LogP contribution in [0.3, 0.4) is 0 Å². The van der Waals surface area contributed by atoms with E-state index in [0.29, 0.717) is 0 Å². The van der Waals surface area contributed by atoms with Crippen LogP contribution in [0.5, 0.6) is 0 Å². The predicted octanol–water partition coefficient (Wildman–Crippen LogP) is 3.47. The Balaban J connectivity index is 1.77. The molecule has 4 aliphatic carbocycles. The summed E-state index contributed by atoms with van der Waals surface area (Å²) < 4.78 is 6.16. The van der Waals surface area contributed by atoms with Crippen LogP contribution in [0.4, 0.5) is 0 Å². The highest BCUT2D eigenvalue weighted by Crippen LogP contribution is 2.54. The van der Waals surface area contributed by atoms with Gasteiger partial charge in [0.15, 0.2) is 0 Å². The molecule has 1 nitrogen and oxygen atoms in total. The van der Waals surface area contributed by atoms with Crippen LogP contribution < -0.4 is 0 Å². The Bertz CT molecular complexity index is 328. The van der Waals surface area contributed by atoms with Crippen LogP contribution in [0.1, 0.15) is 39.0 Å². The van der Waals surface area contributed by atoms with Gasteiger partial charge >= 0.3 is 0 Å². The van der Waals surface area contributed by atoms with Gasteiger partial charge in [-0.05, 0) is 50.9 Å². The average molecular weight is 204 g/mol. The Labute approximate surface area is 92.2 Å². The van der Waals surface area contributed by atoms with Crippen LogP contribution >= 0.6 is 0 Å². The number of ether oxygens (including phenoxy) is 1. The Kier molecular flexibility index (Phi) is 2.07. The van der Waals surface area contributed by atoms with Crippen LogP contribution in [0, 0.1) is 11.8 Å². The summed E-state index contributed by atoms with van der Waals surface area (Å²) in [6.07, 6.45) is 9.07. The van der Waals surface area contributed by atoms with Crippen molar-refractivity contribution in [1.82, 2.24) is 0 Å². The molecule has 0 radical (unpaired) electrons. The average Bonchev–Trinajstić information content (AvgIpc) is 2.12. The molecule has 0 aromatic heterocycles. The van der Waals surface area contributed by atoms with Gasteiger partial charge in [-0.2, -0.15) is 0 Å². The minimum Gasteiger partial charge on any atom is -0.370 e. The molecule has 4 aliphatic rings. The SMILES string of the molecule is C=C(C)COC12CC3=CC(CC(C3)C1)C2. The normalized spacial score (nSPS) is 41.8. The quantitative estimate of drug-likeness (QED) is 0.640. The first-order valence-corrected chi connectivity index (χ1v) is 6.13. The van der Waals surface area contributed by atoms with Gasteiger partial charge in [-0.1, -0.05) is 23.8 Å². The van der Waals surface area contributed by atoms with Crippen molar-refractivity contribution in [3.63, 3.8) is 0 Å². The molecule has 4 rings (SSSR count). The highest BCUT2D eigenvalue weighted by molar-refractivity contribution is 5.23. The van der Waals surface area contributed by atoms with Gasteiger partial charge < -0.3 is 4.74 Å². The maximum absolute atomic E-state index is 6.16. The van der Waals surface area contributed by atoms with E-state index in [2.05, 4.69) is 19.6 Å². The Morgan fingerprint density at radius 1 is 1.60 bits per heavy atom. The Morgan fingerprint density at radius 2 is 2.47 bits per heavy atom. The van der Waals surface area contributed by atoms with Crippen LogP contribution in [-0.4, -0.2) is 12.2 Å². The first-order valence-electron chi connectivity index (χ1n) is 6.13. The molecule has 0 aliphatic heterocycles. The van der Waals surface area contributed by atoms with E-state index in [1.165, 1.54) is 32.1 Å². The van der Waals surface area contributed by atoms with Crippen molar-refractivity contribution in [3.8, 4) is 0 Å². The molecule has 0 aromatic rings. The van der Waals surface area contributed by atoms with Gasteiger partial charge in [-0.15, -0.1) is 0 Å². The van der Waals surface area contributed by atoms with Crippen molar-refractivity contribution >= 4 is 0 Å². The molecule has 82 valence electrons. The summed E-state index contributed by atoms with van der Waals surface area (Å²) in [5.41, 5.74) is 3.03. The fourth-order valence-corrected chi connectivity index (χ4v) is 3.87. The lowest BCUT2D eigenvalue weighted by Crippen LogP contribution is -2.48. The molecular formula is C14H20O.